The molecule has 1 unspecified atom stereocenters. The van der Waals surface area contributed by atoms with Crippen molar-refractivity contribution in [2.75, 3.05) is 32.9 Å². The zero-order valence-electron chi connectivity index (χ0n) is 14.3. The zero-order valence-corrected chi connectivity index (χ0v) is 14.3. The van der Waals surface area contributed by atoms with Crippen LogP contribution in [-0.4, -0.2) is 44.0 Å². The molecule has 1 fully saturated rings. The molecule has 1 saturated heterocycles. The fourth-order valence-corrected chi connectivity index (χ4v) is 2.88. The minimum atomic E-state index is 0.0214. The molecule has 1 heterocycles. The van der Waals surface area contributed by atoms with E-state index in [4.69, 9.17) is 4.74 Å². The highest BCUT2D eigenvalue weighted by molar-refractivity contribution is 5.79. The van der Waals surface area contributed by atoms with Crippen LogP contribution in [-0.2, 0) is 11.3 Å². The second-order valence-corrected chi connectivity index (χ2v) is 6.25. The number of benzene rings is 1. The first-order chi connectivity index (χ1) is 11.2. The lowest BCUT2D eigenvalue weighted by Crippen LogP contribution is -2.44. The van der Waals surface area contributed by atoms with Crippen molar-refractivity contribution >= 4 is 5.96 Å². The molecular weight excluding hydrogens is 290 g/mol. The van der Waals surface area contributed by atoms with Gasteiger partial charge in [-0.25, -0.2) is 4.99 Å². The molecule has 0 amide bonds. The average Bonchev–Trinajstić information content (AvgIpc) is 3.01. The number of nitrogens with one attached hydrogen (secondary N) is 2. The molecule has 5 heteroatoms. The van der Waals surface area contributed by atoms with E-state index in [-0.39, 0.29) is 12.0 Å². The van der Waals surface area contributed by atoms with Crippen molar-refractivity contribution in [3.05, 3.63) is 35.4 Å². The Morgan fingerprint density at radius 2 is 2.17 bits per heavy atom. The summed E-state index contributed by atoms with van der Waals surface area (Å²) in [5, 5.41) is 16.0. The van der Waals surface area contributed by atoms with Gasteiger partial charge in [0.2, 0.25) is 0 Å². The summed E-state index contributed by atoms with van der Waals surface area (Å²) in [6, 6.07) is 8.31. The molecular formula is C18H29N3O2. The van der Waals surface area contributed by atoms with Crippen LogP contribution in [0.5, 0.6) is 0 Å². The number of ether oxygens (including phenoxy) is 1. The predicted molar refractivity (Wildman–Crippen MR) is 93.6 cm³/mol. The third kappa shape index (κ3) is 5.22. The molecule has 1 aliphatic rings. The maximum Gasteiger partial charge on any atom is 0.191 e. The fourth-order valence-electron chi connectivity index (χ4n) is 2.88. The van der Waals surface area contributed by atoms with Gasteiger partial charge in [0.15, 0.2) is 5.96 Å². The number of aryl methyl sites for hydroxylation is 1. The topological polar surface area (TPSA) is 65.9 Å². The molecule has 0 aliphatic carbocycles. The van der Waals surface area contributed by atoms with Crippen molar-refractivity contribution in [1.82, 2.24) is 10.6 Å². The first-order valence-corrected chi connectivity index (χ1v) is 8.44. The molecule has 1 atom stereocenters. The highest BCUT2D eigenvalue weighted by Gasteiger charge is 2.34. The van der Waals surface area contributed by atoms with E-state index in [2.05, 4.69) is 41.6 Å². The molecule has 0 bridgehead atoms. The number of guanidine groups is 1. The fraction of sp³-hybridized carbons (Fsp3) is 0.611. The molecule has 1 aromatic carbocycles. The summed E-state index contributed by atoms with van der Waals surface area (Å²) >= 11 is 0. The van der Waals surface area contributed by atoms with Crippen LogP contribution in [0.25, 0.3) is 0 Å². The van der Waals surface area contributed by atoms with Crippen LogP contribution in [0.1, 0.15) is 30.9 Å². The molecule has 0 aromatic heterocycles. The lowest BCUT2D eigenvalue weighted by molar-refractivity contribution is 0.127. The van der Waals surface area contributed by atoms with Gasteiger partial charge in [-0.2, -0.15) is 0 Å². The van der Waals surface area contributed by atoms with E-state index in [1.165, 1.54) is 11.1 Å². The van der Waals surface area contributed by atoms with Gasteiger partial charge in [0.25, 0.3) is 0 Å². The molecule has 0 saturated carbocycles. The van der Waals surface area contributed by atoms with Gasteiger partial charge in [-0.05, 0) is 37.8 Å². The summed E-state index contributed by atoms with van der Waals surface area (Å²) in [7, 11) is 0. The minimum Gasteiger partial charge on any atom is -0.396 e. The van der Waals surface area contributed by atoms with Crippen molar-refractivity contribution in [3.8, 4) is 0 Å². The number of hydrogen-bond acceptors (Lipinski definition) is 3. The summed E-state index contributed by atoms with van der Waals surface area (Å²) in [6.07, 6.45) is 1.74. The van der Waals surface area contributed by atoms with Crippen molar-refractivity contribution in [2.45, 2.75) is 33.2 Å². The van der Waals surface area contributed by atoms with Gasteiger partial charge in [0, 0.05) is 31.7 Å². The first-order valence-electron chi connectivity index (χ1n) is 8.44. The van der Waals surface area contributed by atoms with Gasteiger partial charge in [-0.1, -0.05) is 24.3 Å². The van der Waals surface area contributed by atoms with E-state index in [0.717, 1.165) is 38.5 Å². The number of rotatable bonds is 7. The van der Waals surface area contributed by atoms with Crippen LogP contribution in [0.3, 0.4) is 0 Å². The number of hydrogen-bond donors (Lipinski definition) is 3. The van der Waals surface area contributed by atoms with E-state index in [1.807, 2.05) is 12.1 Å². The quantitative estimate of drug-likeness (QED) is 0.530. The summed E-state index contributed by atoms with van der Waals surface area (Å²) < 4.78 is 5.54. The van der Waals surface area contributed by atoms with E-state index in [1.54, 1.807) is 0 Å². The summed E-state index contributed by atoms with van der Waals surface area (Å²) in [5.41, 5.74) is 2.51. The standard InChI is InChI=1S/C18H29N3O2/c1-3-19-17(20-12-16-7-5-4-6-15(16)2)21-13-18(8-10-22)9-11-23-14-18/h4-7,22H,3,8-14H2,1-2H3,(H2,19,20,21). The van der Waals surface area contributed by atoms with E-state index >= 15 is 0 Å². The third-order valence-corrected chi connectivity index (χ3v) is 4.47. The smallest absolute Gasteiger partial charge is 0.191 e. The highest BCUT2D eigenvalue weighted by Crippen LogP contribution is 2.31. The summed E-state index contributed by atoms with van der Waals surface area (Å²) in [4.78, 5) is 4.69. The van der Waals surface area contributed by atoms with Crippen molar-refractivity contribution in [1.29, 1.82) is 0 Å². The van der Waals surface area contributed by atoms with Crippen molar-refractivity contribution < 1.29 is 9.84 Å². The second-order valence-electron chi connectivity index (χ2n) is 6.25. The Hall–Kier alpha value is -1.59. The average molecular weight is 319 g/mol. The lowest BCUT2D eigenvalue weighted by atomic mass is 9.84. The second kappa shape index (κ2) is 8.89. The number of nitrogens with zero attached hydrogens (tertiary/aromatic N) is 1. The van der Waals surface area contributed by atoms with Crippen LogP contribution in [0.15, 0.2) is 29.3 Å². The van der Waals surface area contributed by atoms with Crippen LogP contribution in [0, 0.1) is 12.3 Å². The Morgan fingerprint density at radius 3 is 2.83 bits per heavy atom. The summed E-state index contributed by atoms with van der Waals surface area (Å²) in [5.74, 6) is 0.819. The Morgan fingerprint density at radius 1 is 1.35 bits per heavy atom. The Kier molecular flexibility index (Phi) is 6.86. The lowest BCUT2D eigenvalue weighted by Gasteiger charge is -2.27. The third-order valence-electron chi connectivity index (χ3n) is 4.47. The molecule has 23 heavy (non-hydrogen) atoms. The molecule has 3 N–H and O–H groups in total. The van der Waals surface area contributed by atoms with E-state index in [0.29, 0.717) is 13.2 Å². The van der Waals surface area contributed by atoms with Gasteiger partial charge < -0.3 is 20.5 Å². The Bertz CT molecular complexity index is 511. The number of aliphatic imine (C=N–C) groups is 1. The van der Waals surface area contributed by atoms with Gasteiger partial charge in [-0.3, -0.25) is 0 Å². The Labute approximate surface area is 139 Å². The molecule has 0 radical (unpaired) electrons. The number of aliphatic hydroxyl groups excluding tert-OH is 1. The normalized spacial score (nSPS) is 21.4. The maximum atomic E-state index is 9.31. The SMILES string of the molecule is CCNC(=NCc1ccccc1C)NCC1(CCO)CCOC1. The molecule has 128 valence electrons. The van der Waals surface area contributed by atoms with Gasteiger partial charge >= 0.3 is 0 Å². The molecule has 2 rings (SSSR count). The van der Waals surface area contributed by atoms with Crippen LogP contribution >= 0.6 is 0 Å². The first kappa shape index (κ1) is 17.8. The van der Waals surface area contributed by atoms with Gasteiger partial charge in [-0.15, -0.1) is 0 Å². The maximum absolute atomic E-state index is 9.31. The van der Waals surface area contributed by atoms with Gasteiger partial charge in [0.05, 0.1) is 13.2 Å². The van der Waals surface area contributed by atoms with Gasteiger partial charge in [0.1, 0.15) is 0 Å². The highest BCUT2D eigenvalue weighted by atomic mass is 16.5. The zero-order chi connectivity index (χ0) is 16.5. The summed E-state index contributed by atoms with van der Waals surface area (Å²) in [6.45, 7) is 8.10. The van der Waals surface area contributed by atoms with Crippen LogP contribution in [0.4, 0.5) is 0 Å². The monoisotopic (exact) mass is 319 g/mol. The largest absolute Gasteiger partial charge is 0.396 e. The minimum absolute atomic E-state index is 0.0214. The molecule has 1 aromatic rings. The molecule has 0 spiro atoms. The van der Waals surface area contributed by atoms with Crippen LogP contribution in [0.2, 0.25) is 0 Å². The van der Waals surface area contributed by atoms with Crippen molar-refractivity contribution in [2.24, 2.45) is 10.4 Å². The van der Waals surface area contributed by atoms with E-state index in [9.17, 15) is 5.11 Å². The predicted octanol–water partition coefficient (Wildman–Crippen LogP) is 1.84. The van der Waals surface area contributed by atoms with Crippen LogP contribution < -0.4 is 10.6 Å². The Balaban J connectivity index is 1.97. The van der Waals surface area contributed by atoms with E-state index < -0.39 is 0 Å². The number of aliphatic hydroxyl groups is 1. The molecule has 1 aliphatic heterocycles. The molecule has 5 nitrogen and oxygen atoms in total. The van der Waals surface area contributed by atoms with Crippen molar-refractivity contribution in [3.63, 3.8) is 0 Å².